The van der Waals surface area contributed by atoms with E-state index in [2.05, 4.69) is 6.58 Å². The number of esters is 1. The highest BCUT2D eigenvalue weighted by Gasteiger charge is 2.21. The third-order valence-electron chi connectivity index (χ3n) is 5.35. The fourth-order valence-electron chi connectivity index (χ4n) is 3.58. The van der Waals surface area contributed by atoms with Crippen LogP contribution in [-0.4, -0.2) is 47.9 Å². The molecule has 0 bridgehead atoms. The Labute approximate surface area is 201 Å². The molecule has 0 aliphatic carbocycles. The highest BCUT2D eigenvalue weighted by molar-refractivity contribution is 5.79. The normalized spacial score (nSPS) is 10.8. The van der Waals surface area contributed by atoms with Crippen LogP contribution in [0.2, 0.25) is 0 Å². The summed E-state index contributed by atoms with van der Waals surface area (Å²) in [5, 5.41) is 0. The van der Waals surface area contributed by atoms with E-state index in [4.69, 9.17) is 9.15 Å². The van der Waals surface area contributed by atoms with Crippen LogP contribution in [0.25, 0.3) is 0 Å². The second-order valence-corrected chi connectivity index (χ2v) is 8.17. The van der Waals surface area contributed by atoms with E-state index in [1.54, 1.807) is 15.9 Å². The van der Waals surface area contributed by atoms with E-state index < -0.39 is 0 Å². The van der Waals surface area contributed by atoms with Crippen LogP contribution in [-0.2, 0) is 33.9 Å². The first kappa shape index (κ1) is 25.0. The van der Waals surface area contributed by atoms with E-state index in [1.807, 2.05) is 79.7 Å². The SMILES string of the molecule is C=CCN(CC(=O)OCc1ccccc1)CC(=O)N(CCc1ccccc1)Cc1ccc(C)o1. The Morgan fingerprint density at radius 2 is 1.62 bits per heavy atom. The van der Waals surface area contributed by atoms with Crippen LogP contribution >= 0.6 is 0 Å². The standard InChI is InChI=1S/C28H32N2O4/c1-3-17-29(21-28(32)33-22-25-12-8-5-9-13-25)20-27(31)30(19-26-15-14-23(2)34-26)18-16-24-10-6-4-7-11-24/h3-15H,1,16-22H2,2H3. The minimum Gasteiger partial charge on any atom is -0.464 e. The van der Waals surface area contributed by atoms with Gasteiger partial charge in [-0.05, 0) is 36.6 Å². The minimum absolute atomic E-state index is 0.0109. The van der Waals surface area contributed by atoms with Gasteiger partial charge in [0.05, 0.1) is 19.6 Å². The Balaban J connectivity index is 1.60. The first-order valence-corrected chi connectivity index (χ1v) is 11.4. The topological polar surface area (TPSA) is 63.0 Å². The molecule has 0 atom stereocenters. The lowest BCUT2D eigenvalue weighted by atomic mass is 10.1. The first-order chi connectivity index (χ1) is 16.5. The van der Waals surface area contributed by atoms with E-state index in [0.717, 1.165) is 29.1 Å². The molecule has 3 rings (SSSR count). The number of carbonyl (C=O) groups is 2. The second-order valence-electron chi connectivity index (χ2n) is 8.17. The van der Waals surface area contributed by atoms with Gasteiger partial charge >= 0.3 is 5.97 Å². The largest absolute Gasteiger partial charge is 0.464 e. The number of hydrogen-bond donors (Lipinski definition) is 0. The molecular formula is C28H32N2O4. The van der Waals surface area contributed by atoms with Crippen LogP contribution in [0.4, 0.5) is 0 Å². The fourth-order valence-corrected chi connectivity index (χ4v) is 3.58. The van der Waals surface area contributed by atoms with Crippen LogP contribution in [0.1, 0.15) is 22.6 Å². The molecule has 0 spiro atoms. The number of nitrogens with zero attached hydrogens (tertiary/aromatic N) is 2. The van der Waals surface area contributed by atoms with Crippen molar-refractivity contribution in [1.29, 1.82) is 0 Å². The zero-order chi connectivity index (χ0) is 24.2. The molecule has 0 aliphatic heterocycles. The highest BCUT2D eigenvalue weighted by Crippen LogP contribution is 2.12. The molecule has 1 heterocycles. The predicted octanol–water partition coefficient (Wildman–Crippen LogP) is 4.39. The van der Waals surface area contributed by atoms with Gasteiger partial charge in [0.15, 0.2) is 0 Å². The quantitative estimate of drug-likeness (QED) is 0.280. The van der Waals surface area contributed by atoms with Gasteiger partial charge in [0, 0.05) is 13.1 Å². The molecule has 0 saturated carbocycles. The van der Waals surface area contributed by atoms with Crippen molar-refractivity contribution in [3.05, 3.63) is 108 Å². The van der Waals surface area contributed by atoms with E-state index in [0.29, 0.717) is 19.6 Å². The number of furan rings is 1. The predicted molar refractivity (Wildman–Crippen MR) is 132 cm³/mol. The van der Waals surface area contributed by atoms with Crippen molar-refractivity contribution in [2.24, 2.45) is 0 Å². The summed E-state index contributed by atoms with van der Waals surface area (Å²) in [7, 11) is 0. The lowest BCUT2D eigenvalue weighted by Gasteiger charge is -2.26. The molecule has 1 amide bonds. The van der Waals surface area contributed by atoms with E-state index in [9.17, 15) is 9.59 Å². The summed E-state index contributed by atoms with van der Waals surface area (Å²) in [6.07, 6.45) is 2.41. The Morgan fingerprint density at radius 1 is 0.941 bits per heavy atom. The Kier molecular flexibility index (Phi) is 9.67. The molecule has 0 N–H and O–H groups in total. The molecule has 1 aromatic heterocycles. The summed E-state index contributed by atoms with van der Waals surface area (Å²) in [4.78, 5) is 29.2. The maximum absolute atomic E-state index is 13.3. The van der Waals surface area contributed by atoms with Gasteiger partial charge in [0.2, 0.25) is 5.91 Å². The number of ether oxygens (including phenoxy) is 1. The van der Waals surface area contributed by atoms with E-state index in [1.165, 1.54) is 0 Å². The molecule has 0 radical (unpaired) electrons. The monoisotopic (exact) mass is 460 g/mol. The highest BCUT2D eigenvalue weighted by atomic mass is 16.5. The van der Waals surface area contributed by atoms with E-state index in [-0.39, 0.29) is 31.6 Å². The van der Waals surface area contributed by atoms with Gasteiger partial charge in [-0.1, -0.05) is 66.7 Å². The van der Waals surface area contributed by atoms with Crippen molar-refractivity contribution in [1.82, 2.24) is 9.80 Å². The number of rotatable bonds is 13. The van der Waals surface area contributed by atoms with Gasteiger partial charge in [0.25, 0.3) is 0 Å². The molecule has 6 heteroatoms. The molecular weight excluding hydrogens is 428 g/mol. The van der Waals surface area contributed by atoms with Crippen LogP contribution in [0.15, 0.2) is 89.9 Å². The van der Waals surface area contributed by atoms with Crippen molar-refractivity contribution in [3.8, 4) is 0 Å². The lowest BCUT2D eigenvalue weighted by molar-refractivity contribution is -0.146. The average molecular weight is 461 g/mol. The summed E-state index contributed by atoms with van der Waals surface area (Å²) < 4.78 is 11.1. The molecule has 178 valence electrons. The number of benzene rings is 2. The molecule has 6 nitrogen and oxygen atoms in total. The van der Waals surface area contributed by atoms with Gasteiger partial charge in [-0.25, -0.2) is 0 Å². The number of carbonyl (C=O) groups excluding carboxylic acids is 2. The van der Waals surface area contributed by atoms with Crippen molar-refractivity contribution >= 4 is 11.9 Å². The zero-order valence-electron chi connectivity index (χ0n) is 19.7. The lowest BCUT2D eigenvalue weighted by Crippen LogP contribution is -2.43. The molecule has 34 heavy (non-hydrogen) atoms. The maximum Gasteiger partial charge on any atom is 0.320 e. The zero-order valence-corrected chi connectivity index (χ0v) is 19.7. The third kappa shape index (κ3) is 8.37. The number of aryl methyl sites for hydroxylation is 1. The van der Waals surface area contributed by atoms with Crippen LogP contribution in [0.5, 0.6) is 0 Å². The molecule has 0 saturated heterocycles. The van der Waals surface area contributed by atoms with Crippen LogP contribution in [0.3, 0.4) is 0 Å². The summed E-state index contributed by atoms with van der Waals surface area (Å²) in [6, 6.07) is 23.3. The van der Waals surface area contributed by atoms with E-state index >= 15 is 0 Å². The molecule has 3 aromatic rings. The molecule has 0 fully saturated rings. The summed E-state index contributed by atoms with van der Waals surface area (Å²) >= 11 is 0. The van der Waals surface area contributed by atoms with Crippen molar-refractivity contribution in [2.75, 3.05) is 26.2 Å². The van der Waals surface area contributed by atoms with Crippen LogP contribution < -0.4 is 0 Å². The van der Waals surface area contributed by atoms with Crippen LogP contribution in [0, 0.1) is 6.92 Å². The maximum atomic E-state index is 13.3. The smallest absolute Gasteiger partial charge is 0.320 e. The van der Waals surface area contributed by atoms with Crippen molar-refractivity contribution in [3.63, 3.8) is 0 Å². The number of hydrogen-bond acceptors (Lipinski definition) is 5. The molecule has 2 aromatic carbocycles. The van der Waals surface area contributed by atoms with Gasteiger partial charge in [0.1, 0.15) is 18.1 Å². The van der Waals surface area contributed by atoms with Gasteiger partial charge < -0.3 is 14.1 Å². The summed E-state index contributed by atoms with van der Waals surface area (Å²) in [5.74, 6) is 1.08. The Morgan fingerprint density at radius 3 is 2.24 bits per heavy atom. The first-order valence-electron chi connectivity index (χ1n) is 11.4. The fraction of sp³-hybridized carbons (Fsp3) is 0.286. The number of amides is 1. The Hall–Kier alpha value is -3.64. The average Bonchev–Trinajstić information content (AvgIpc) is 3.26. The second kappa shape index (κ2) is 13.2. The van der Waals surface area contributed by atoms with Gasteiger partial charge in [-0.3, -0.25) is 14.5 Å². The van der Waals surface area contributed by atoms with Gasteiger partial charge in [-0.2, -0.15) is 0 Å². The van der Waals surface area contributed by atoms with Crippen molar-refractivity contribution in [2.45, 2.75) is 26.5 Å². The third-order valence-corrected chi connectivity index (χ3v) is 5.35. The van der Waals surface area contributed by atoms with Gasteiger partial charge in [-0.15, -0.1) is 6.58 Å². The molecule has 0 aliphatic rings. The summed E-state index contributed by atoms with van der Waals surface area (Å²) in [6.45, 7) is 7.27. The Bertz CT molecular complexity index is 1050. The summed E-state index contributed by atoms with van der Waals surface area (Å²) in [5.41, 5.74) is 2.08. The van der Waals surface area contributed by atoms with Crippen molar-refractivity contribution < 1.29 is 18.7 Å². The molecule has 0 unspecified atom stereocenters. The minimum atomic E-state index is -0.379.